The van der Waals surface area contributed by atoms with E-state index >= 15 is 0 Å². The summed E-state index contributed by atoms with van der Waals surface area (Å²) in [5, 5.41) is 11.1. The molecule has 126 valence electrons. The standard InChI is InChI=1S/C17H26N4O2/c22-17(10-20-6-1-2-7-20)11-21(8-9-23-12-17)16-14-4-3-5-15(14)18-13-19-16/h13,22H,1-12H2. The summed E-state index contributed by atoms with van der Waals surface area (Å²) in [5.41, 5.74) is 1.64. The van der Waals surface area contributed by atoms with Crippen molar-refractivity contribution in [3.63, 3.8) is 0 Å². The number of aliphatic hydroxyl groups is 1. The average Bonchev–Trinajstić information content (AvgIpc) is 3.17. The Morgan fingerprint density at radius 2 is 2.00 bits per heavy atom. The summed E-state index contributed by atoms with van der Waals surface area (Å²) in [4.78, 5) is 13.5. The Bertz CT molecular complexity index is 562. The highest BCUT2D eigenvalue weighted by atomic mass is 16.5. The monoisotopic (exact) mass is 318 g/mol. The largest absolute Gasteiger partial charge is 0.384 e. The molecule has 2 aliphatic heterocycles. The molecule has 1 unspecified atom stereocenters. The van der Waals surface area contributed by atoms with Gasteiger partial charge in [-0.15, -0.1) is 0 Å². The highest BCUT2D eigenvalue weighted by Gasteiger charge is 2.36. The first kappa shape index (κ1) is 15.3. The molecule has 1 aromatic heterocycles. The van der Waals surface area contributed by atoms with Crippen molar-refractivity contribution in [3.05, 3.63) is 17.6 Å². The Labute approximate surface area is 137 Å². The summed E-state index contributed by atoms with van der Waals surface area (Å²) in [6.07, 6.45) is 7.40. The van der Waals surface area contributed by atoms with Crippen molar-refractivity contribution in [2.45, 2.75) is 37.7 Å². The topological polar surface area (TPSA) is 61.7 Å². The van der Waals surface area contributed by atoms with E-state index in [0.717, 1.165) is 44.7 Å². The maximum absolute atomic E-state index is 11.1. The average molecular weight is 318 g/mol. The van der Waals surface area contributed by atoms with Crippen LogP contribution in [-0.4, -0.2) is 71.5 Å². The Hall–Kier alpha value is -1.24. The molecule has 0 radical (unpaired) electrons. The molecule has 0 saturated carbocycles. The highest BCUT2D eigenvalue weighted by molar-refractivity contribution is 5.51. The summed E-state index contributed by atoms with van der Waals surface area (Å²) < 4.78 is 5.73. The van der Waals surface area contributed by atoms with E-state index < -0.39 is 5.60 Å². The van der Waals surface area contributed by atoms with Gasteiger partial charge in [-0.1, -0.05) is 0 Å². The molecule has 0 spiro atoms. The third kappa shape index (κ3) is 3.20. The van der Waals surface area contributed by atoms with Crippen molar-refractivity contribution in [2.75, 3.05) is 50.8 Å². The number of hydrogen-bond donors (Lipinski definition) is 1. The van der Waals surface area contributed by atoms with Gasteiger partial charge >= 0.3 is 0 Å². The molecule has 1 atom stereocenters. The van der Waals surface area contributed by atoms with Crippen molar-refractivity contribution in [3.8, 4) is 0 Å². The van der Waals surface area contributed by atoms with Crippen LogP contribution >= 0.6 is 0 Å². The fourth-order valence-electron chi connectivity index (χ4n) is 4.17. The third-order valence-corrected chi connectivity index (χ3v) is 5.23. The minimum atomic E-state index is -0.822. The predicted octanol–water partition coefficient (Wildman–Crippen LogP) is 0.629. The first-order valence-corrected chi connectivity index (χ1v) is 8.84. The van der Waals surface area contributed by atoms with Crippen LogP contribution in [0.1, 0.15) is 30.5 Å². The Balaban J connectivity index is 1.55. The number of aryl methyl sites for hydroxylation is 1. The van der Waals surface area contributed by atoms with Crippen LogP contribution in [0.15, 0.2) is 6.33 Å². The van der Waals surface area contributed by atoms with E-state index in [-0.39, 0.29) is 0 Å². The highest BCUT2D eigenvalue weighted by Crippen LogP contribution is 2.29. The van der Waals surface area contributed by atoms with Crippen LogP contribution < -0.4 is 4.90 Å². The van der Waals surface area contributed by atoms with Gasteiger partial charge in [-0.3, -0.25) is 0 Å². The first-order valence-electron chi connectivity index (χ1n) is 8.84. The second-order valence-corrected chi connectivity index (χ2v) is 7.16. The van der Waals surface area contributed by atoms with Crippen LogP contribution in [0.25, 0.3) is 0 Å². The zero-order chi connectivity index (χ0) is 15.7. The van der Waals surface area contributed by atoms with Crippen molar-refractivity contribution < 1.29 is 9.84 Å². The van der Waals surface area contributed by atoms with Gasteiger partial charge in [0.1, 0.15) is 17.7 Å². The number of aromatic nitrogens is 2. The second-order valence-electron chi connectivity index (χ2n) is 7.16. The number of rotatable bonds is 3. The number of fused-ring (bicyclic) bond motifs is 1. The van der Waals surface area contributed by atoms with E-state index in [1.807, 2.05) is 0 Å². The number of anilines is 1. The molecule has 3 heterocycles. The van der Waals surface area contributed by atoms with Crippen molar-refractivity contribution in [1.29, 1.82) is 0 Å². The van der Waals surface area contributed by atoms with E-state index in [9.17, 15) is 5.11 Å². The number of likely N-dealkylation sites (tertiary alicyclic amines) is 1. The van der Waals surface area contributed by atoms with E-state index in [1.54, 1.807) is 6.33 Å². The zero-order valence-electron chi connectivity index (χ0n) is 13.7. The molecule has 0 amide bonds. The van der Waals surface area contributed by atoms with Gasteiger partial charge in [-0.05, 0) is 45.2 Å². The van der Waals surface area contributed by atoms with Gasteiger partial charge in [-0.25, -0.2) is 9.97 Å². The van der Waals surface area contributed by atoms with E-state index in [2.05, 4.69) is 19.8 Å². The molecule has 0 aromatic carbocycles. The van der Waals surface area contributed by atoms with Gasteiger partial charge in [0.25, 0.3) is 0 Å². The normalized spacial score (nSPS) is 28.8. The van der Waals surface area contributed by atoms with Gasteiger partial charge < -0.3 is 19.6 Å². The summed E-state index contributed by atoms with van der Waals surface area (Å²) in [6, 6.07) is 0. The van der Waals surface area contributed by atoms with Crippen LogP contribution in [-0.2, 0) is 17.6 Å². The van der Waals surface area contributed by atoms with Crippen LogP contribution in [0.5, 0.6) is 0 Å². The molecule has 2 fully saturated rings. The van der Waals surface area contributed by atoms with Gasteiger partial charge in [0.15, 0.2) is 0 Å². The molecule has 1 aromatic rings. The van der Waals surface area contributed by atoms with Crippen LogP contribution in [0, 0.1) is 0 Å². The summed E-state index contributed by atoms with van der Waals surface area (Å²) in [5.74, 6) is 1.01. The molecule has 2 saturated heterocycles. The summed E-state index contributed by atoms with van der Waals surface area (Å²) in [7, 11) is 0. The minimum Gasteiger partial charge on any atom is -0.384 e. The number of β-amino-alcohol motifs (C(OH)–C–C–N with tert-alkyl or cyclic N) is 1. The molecule has 1 N–H and O–H groups in total. The molecule has 1 aliphatic carbocycles. The molecule has 3 aliphatic rings. The SMILES string of the molecule is OC1(CN2CCCC2)COCCN(c2ncnc3c2CCC3)C1. The third-order valence-electron chi connectivity index (χ3n) is 5.23. The van der Waals surface area contributed by atoms with Crippen LogP contribution in [0.4, 0.5) is 5.82 Å². The fraction of sp³-hybridized carbons (Fsp3) is 0.765. The second kappa shape index (κ2) is 6.34. The summed E-state index contributed by atoms with van der Waals surface area (Å²) >= 11 is 0. The molecule has 6 heteroatoms. The number of ether oxygens (including phenoxy) is 1. The van der Waals surface area contributed by atoms with Gasteiger partial charge in [-0.2, -0.15) is 0 Å². The Morgan fingerprint density at radius 1 is 1.13 bits per heavy atom. The molecule has 6 nitrogen and oxygen atoms in total. The lowest BCUT2D eigenvalue weighted by atomic mass is 10.0. The molecule has 4 rings (SSSR count). The van der Waals surface area contributed by atoms with Gasteiger partial charge in [0.2, 0.25) is 0 Å². The van der Waals surface area contributed by atoms with Gasteiger partial charge in [0, 0.05) is 24.3 Å². The maximum atomic E-state index is 11.1. The zero-order valence-corrected chi connectivity index (χ0v) is 13.7. The fourth-order valence-corrected chi connectivity index (χ4v) is 4.17. The van der Waals surface area contributed by atoms with Crippen molar-refractivity contribution in [2.24, 2.45) is 0 Å². The van der Waals surface area contributed by atoms with E-state index in [0.29, 0.717) is 26.3 Å². The lowest BCUT2D eigenvalue weighted by Crippen LogP contribution is -2.52. The molecular formula is C17H26N4O2. The molecule has 23 heavy (non-hydrogen) atoms. The van der Waals surface area contributed by atoms with Gasteiger partial charge in [0.05, 0.1) is 19.8 Å². The lowest BCUT2D eigenvalue weighted by Gasteiger charge is -2.34. The van der Waals surface area contributed by atoms with Crippen LogP contribution in [0.3, 0.4) is 0 Å². The smallest absolute Gasteiger partial charge is 0.135 e. The summed E-state index contributed by atoms with van der Waals surface area (Å²) in [6.45, 7) is 5.29. The number of nitrogens with zero attached hydrogens (tertiary/aromatic N) is 4. The number of hydrogen-bond acceptors (Lipinski definition) is 6. The van der Waals surface area contributed by atoms with Crippen LogP contribution in [0.2, 0.25) is 0 Å². The van der Waals surface area contributed by atoms with E-state index in [1.165, 1.54) is 24.1 Å². The molecule has 0 bridgehead atoms. The van der Waals surface area contributed by atoms with Crippen molar-refractivity contribution >= 4 is 5.82 Å². The van der Waals surface area contributed by atoms with E-state index in [4.69, 9.17) is 4.74 Å². The Kier molecular flexibility index (Phi) is 4.22. The Morgan fingerprint density at radius 3 is 2.87 bits per heavy atom. The quantitative estimate of drug-likeness (QED) is 0.882. The lowest BCUT2D eigenvalue weighted by molar-refractivity contribution is -0.0439. The first-order chi connectivity index (χ1) is 11.2. The van der Waals surface area contributed by atoms with Crippen molar-refractivity contribution in [1.82, 2.24) is 14.9 Å². The predicted molar refractivity (Wildman–Crippen MR) is 87.7 cm³/mol. The maximum Gasteiger partial charge on any atom is 0.135 e. The molecular weight excluding hydrogens is 292 g/mol. The minimum absolute atomic E-state index is 0.410.